The van der Waals surface area contributed by atoms with Gasteiger partial charge in [0.15, 0.2) is 0 Å². The monoisotopic (exact) mass is 344 g/mol. The molecule has 0 saturated carbocycles. The maximum absolute atomic E-state index is 9.54. The molecule has 0 amide bonds. The molecular weight excluding hydrogens is 324 g/mol. The summed E-state index contributed by atoms with van der Waals surface area (Å²) in [6, 6.07) is 1.87. The van der Waals surface area contributed by atoms with Crippen molar-refractivity contribution in [1.29, 1.82) is 0 Å². The summed E-state index contributed by atoms with van der Waals surface area (Å²) < 4.78 is 1.73. The third-order valence-corrected chi connectivity index (χ3v) is 4.79. The maximum Gasteiger partial charge on any atom is 0.131 e. The molecule has 5 nitrogen and oxygen atoms in total. The average molecular weight is 345 g/mol. The summed E-state index contributed by atoms with van der Waals surface area (Å²) in [6.07, 6.45) is 7.23. The second-order valence-electron chi connectivity index (χ2n) is 6.63. The third-order valence-electron chi connectivity index (χ3n) is 4.59. The number of nitrogens with zero attached hydrogens (tertiary/aromatic N) is 4. The molecule has 126 valence electrons. The van der Waals surface area contributed by atoms with E-state index < -0.39 is 0 Å². The van der Waals surface area contributed by atoms with Gasteiger partial charge in [0.1, 0.15) is 5.15 Å². The van der Waals surface area contributed by atoms with Crippen molar-refractivity contribution in [2.24, 2.45) is 12.5 Å². The Kier molecular flexibility index (Phi) is 4.79. The van der Waals surface area contributed by atoms with Crippen LogP contribution in [-0.4, -0.2) is 39.6 Å². The number of aliphatic hydroxyl groups excluding tert-OH is 1. The number of rotatable bonds is 2. The summed E-state index contributed by atoms with van der Waals surface area (Å²) in [5, 5.41) is 14.1. The number of aliphatic hydroxyl groups is 1. The molecule has 1 saturated heterocycles. The van der Waals surface area contributed by atoms with E-state index in [1.807, 2.05) is 19.3 Å². The van der Waals surface area contributed by atoms with Gasteiger partial charge in [-0.3, -0.25) is 4.68 Å². The molecule has 0 aromatic carbocycles. The Hall–Kier alpha value is -2.03. The fraction of sp³-hybridized carbons (Fsp3) is 0.444. The number of halogens is 1. The lowest BCUT2D eigenvalue weighted by Gasteiger charge is -2.39. The molecule has 0 spiro atoms. The van der Waals surface area contributed by atoms with Gasteiger partial charge in [-0.05, 0) is 18.3 Å². The first-order valence-electron chi connectivity index (χ1n) is 8.01. The zero-order valence-electron chi connectivity index (χ0n) is 14.0. The Morgan fingerprint density at radius 3 is 2.67 bits per heavy atom. The number of hydrogen-bond acceptors (Lipinski definition) is 4. The van der Waals surface area contributed by atoms with Crippen molar-refractivity contribution in [1.82, 2.24) is 14.8 Å². The predicted molar refractivity (Wildman–Crippen MR) is 95.1 cm³/mol. The molecule has 0 aliphatic carbocycles. The summed E-state index contributed by atoms with van der Waals surface area (Å²) in [6.45, 7) is 4.11. The number of aromatic nitrogens is 3. The van der Waals surface area contributed by atoms with E-state index in [9.17, 15) is 5.11 Å². The van der Waals surface area contributed by atoms with Gasteiger partial charge in [-0.1, -0.05) is 30.4 Å². The summed E-state index contributed by atoms with van der Waals surface area (Å²) in [5.41, 5.74) is 2.74. The Morgan fingerprint density at radius 2 is 2.04 bits per heavy atom. The average Bonchev–Trinajstić information content (AvgIpc) is 3.00. The van der Waals surface area contributed by atoms with Gasteiger partial charge in [-0.15, -0.1) is 0 Å². The van der Waals surface area contributed by atoms with Crippen molar-refractivity contribution >= 4 is 17.3 Å². The Balaban J connectivity index is 1.86. The molecule has 3 heterocycles. The van der Waals surface area contributed by atoms with E-state index in [1.165, 1.54) is 0 Å². The highest BCUT2D eigenvalue weighted by Gasteiger charge is 2.30. The topological polar surface area (TPSA) is 54.2 Å². The van der Waals surface area contributed by atoms with E-state index in [2.05, 4.69) is 33.7 Å². The molecule has 1 N–H and O–H groups in total. The number of aryl methyl sites for hydroxylation is 1. The molecule has 0 bridgehead atoms. The van der Waals surface area contributed by atoms with Gasteiger partial charge >= 0.3 is 0 Å². The van der Waals surface area contributed by atoms with Crippen molar-refractivity contribution < 1.29 is 5.11 Å². The molecule has 0 atom stereocenters. The number of anilines is 1. The fourth-order valence-electron chi connectivity index (χ4n) is 2.85. The van der Waals surface area contributed by atoms with Crippen LogP contribution < -0.4 is 4.90 Å². The molecule has 0 unspecified atom stereocenters. The van der Waals surface area contributed by atoms with Crippen molar-refractivity contribution in [2.45, 2.75) is 19.8 Å². The van der Waals surface area contributed by atoms with Crippen LogP contribution in [0.3, 0.4) is 0 Å². The van der Waals surface area contributed by atoms with Gasteiger partial charge in [0.2, 0.25) is 0 Å². The number of hydrogen-bond donors (Lipinski definition) is 1. The highest BCUT2D eigenvalue weighted by atomic mass is 35.5. The standard InChI is InChI=1S/C18H21ClN4O/c1-18(13-24)5-7-23(8-6-18)16-9-17(19)20-11-15(16)4-3-14-10-21-22(2)12-14/h9-12,24H,5-8,13H2,1-2H3. The smallest absolute Gasteiger partial charge is 0.131 e. The minimum atomic E-state index is 0.00880. The fourth-order valence-corrected chi connectivity index (χ4v) is 3.00. The quantitative estimate of drug-likeness (QED) is 0.671. The van der Waals surface area contributed by atoms with E-state index in [-0.39, 0.29) is 12.0 Å². The first-order chi connectivity index (χ1) is 11.5. The summed E-state index contributed by atoms with van der Waals surface area (Å²) >= 11 is 6.10. The Morgan fingerprint density at radius 1 is 1.29 bits per heavy atom. The van der Waals surface area contributed by atoms with Crippen molar-refractivity contribution in [2.75, 3.05) is 24.6 Å². The number of piperidine rings is 1. The lowest BCUT2D eigenvalue weighted by molar-refractivity contribution is 0.115. The van der Waals surface area contributed by atoms with E-state index in [4.69, 9.17) is 11.6 Å². The molecule has 2 aromatic rings. The molecule has 1 fully saturated rings. The van der Waals surface area contributed by atoms with Gasteiger partial charge in [-0.2, -0.15) is 5.10 Å². The van der Waals surface area contributed by atoms with Gasteiger partial charge < -0.3 is 10.0 Å². The molecule has 1 aliphatic rings. The lowest BCUT2D eigenvalue weighted by atomic mass is 9.81. The molecule has 3 rings (SSSR count). The van der Waals surface area contributed by atoms with Crippen LogP contribution in [-0.2, 0) is 7.05 Å². The van der Waals surface area contributed by atoms with Crippen LogP contribution in [0.4, 0.5) is 5.69 Å². The first kappa shape index (κ1) is 16.8. The van der Waals surface area contributed by atoms with E-state index >= 15 is 0 Å². The predicted octanol–water partition coefficient (Wildman–Crippen LogP) is 2.47. The molecule has 2 aromatic heterocycles. The zero-order valence-corrected chi connectivity index (χ0v) is 14.7. The molecular formula is C18H21ClN4O. The van der Waals surface area contributed by atoms with Gasteiger partial charge in [-0.25, -0.2) is 4.98 Å². The second-order valence-corrected chi connectivity index (χ2v) is 7.02. The van der Waals surface area contributed by atoms with Crippen LogP contribution in [0.2, 0.25) is 5.15 Å². The summed E-state index contributed by atoms with van der Waals surface area (Å²) in [4.78, 5) is 6.45. The SMILES string of the molecule is Cn1cc(C#Cc2cnc(Cl)cc2N2CCC(C)(CO)CC2)cn1. The minimum absolute atomic E-state index is 0.00880. The Labute approximate surface area is 147 Å². The zero-order chi connectivity index (χ0) is 17.2. The molecule has 24 heavy (non-hydrogen) atoms. The lowest BCUT2D eigenvalue weighted by Crippen LogP contribution is -2.40. The van der Waals surface area contributed by atoms with E-state index in [1.54, 1.807) is 17.1 Å². The molecule has 1 aliphatic heterocycles. The second kappa shape index (κ2) is 6.84. The normalized spacial score (nSPS) is 16.6. The van der Waals surface area contributed by atoms with Crippen LogP contribution in [0.25, 0.3) is 0 Å². The third kappa shape index (κ3) is 3.72. The summed E-state index contributed by atoms with van der Waals surface area (Å²) in [5.74, 6) is 6.31. The van der Waals surface area contributed by atoms with Gasteiger partial charge in [0, 0.05) is 45.2 Å². The van der Waals surface area contributed by atoms with Crippen molar-refractivity contribution in [3.63, 3.8) is 0 Å². The highest BCUT2D eigenvalue weighted by molar-refractivity contribution is 6.29. The van der Waals surface area contributed by atoms with Gasteiger partial charge in [0.05, 0.1) is 23.0 Å². The molecule has 0 radical (unpaired) electrons. The largest absolute Gasteiger partial charge is 0.396 e. The minimum Gasteiger partial charge on any atom is -0.396 e. The van der Waals surface area contributed by atoms with Crippen LogP contribution in [0, 0.1) is 17.3 Å². The van der Waals surface area contributed by atoms with Crippen LogP contribution >= 0.6 is 11.6 Å². The van der Waals surface area contributed by atoms with Crippen LogP contribution in [0.1, 0.15) is 30.9 Å². The molecule has 6 heteroatoms. The van der Waals surface area contributed by atoms with E-state index in [0.717, 1.165) is 42.7 Å². The van der Waals surface area contributed by atoms with E-state index in [0.29, 0.717) is 5.15 Å². The number of pyridine rings is 1. The maximum atomic E-state index is 9.54. The Bertz CT molecular complexity index is 782. The highest BCUT2D eigenvalue weighted by Crippen LogP contribution is 2.34. The summed E-state index contributed by atoms with van der Waals surface area (Å²) in [7, 11) is 1.87. The van der Waals surface area contributed by atoms with Crippen molar-refractivity contribution in [3.8, 4) is 11.8 Å². The van der Waals surface area contributed by atoms with Gasteiger partial charge in [0.25, 0.3) is 0 Å². The van der Waals surface area contributed by atoms with Crippen LogP contribution in [0.15, 0.2) is 24.7 Å². The first-order valence-corrected chi connectivity index (χ1v) is 8.39. The van der Waals surface area contributed by atoms with Crippen molar-refractivity contribution in [3.05, 3.63) is 40.9 Å². The van der Waals surface area contributed by atoms with Crippen LogP contribution in [0.5, 0.6) is 0 Å².